The fourth-order valence-corrected chi connectivity index (χ4v) is 5.65. The molecule has 152 valence electrons. The smallest absolute Gasteiger partial charge is 0.384 e. The van der Waals surface area contributed by atoms with Crippen molar-refractivity contribution in [1.82, 2.24) is 0 Å². The van der Waals surface area contributed by atoms with Crippen molar-refractivity contribution in [3.63, 3.8) is 0 Å². The van der Waals surface area contributed by atoms with Gasteiger partial charge >= 0.3 is 8.24 Å². The van der Waals surface area contributed by atoms with E-state index >= 15 is 0 Å². The first-order valence-electron chi connectivity index (χ1n) is 10.5. The summed E-state index contributed by atoms with van der Waals surface area (Å²) in [6.07, 6.45) is 0. The lowest BCUT2D eigenvalue weighted by molar-refractivity contribution is 0.497. The third-order valence-corrected chi connectivity index (χ3v) is 7.03. The molecule has 0 saturated heterocycles. The van der Waals surface area contributed by atoms with Gasteiger partial charge in [-0.05, 0) is 44.5 Å². The van der Waals surface area contributed by atoms with Crippen LogP contribution >= 0.6 is 8.24 Å². The molecule has 0 bridgehead atoms. The van der Waals surface area contributed by atoms with E-state index in [-0.39, 0.29) is 0 Å². The van der Waals surface area contributed by atoms with Gasteiger partial charge in [-0.2, -0.15) is 0 Å². The van der Waals surface area contributed by atoms with Gasteiger partial charge in [0.2, 0.25) is 0 Å². The molecule has 0 aliphatic heterocycles. The van der Waals surface area contributed by atoms with E-state index < -0.39 is 8.24 Å². The second kappa shape index (κ2) is 6.61. The van der Waals surface area contributed by atoms with E-state index in [9.17, 15) is 4.89 Å². The van der Waals surface area contributed by atoms with E-state index in [1.165, 1.54) is 0 Å². The number of hydrogen-bond acceptors (Lipinski definition) is 3. The second-order valence-corrected chi connectivity index (χ2v) is 8.92. The van der Waals surface area contributed by atoms with Gasteiger partial charge in [0.15, 0.2) is 11.2 Å². The van der Waals surface area contributed by atoms with E-state index in [1.54, 1.807) is 0 Å². The molecule has 7 aromatic rings. The van der Waals surface area contributed by atoms with E-state index in [1.807, 2.05) is 24.3 Å². The summed E-state index contributed by atoms with van der Waals surface area (Å²) in [5, 5.41) is 10.5. The minimum absolute atomic E-state index is 0.672. The van der Waals surface area contributed by atoms with Crippen molar-refractivity contribution >= 4 is 73.3 Å². The average Bonchev–Trinajstić information content (AvgIpc) is 2.98. The fourth-order valence-electron chi connectivity index (χ4n) is 4.92. The third kappa shape index (κ3) is 2.47. The lowest BCUT2D eigenvalue weighted by Crippen LogP contribution is -1.82. The number of rotatable bonds is 0. The van der Waals surface area contributed by atoms with Crippen LogP contribution in [0.1, 0.15) is 0 Å². The molecule has 32 heavy (non-hydrogen) atoms. The predicted molar refractivity (Wildman–Crippen MR) is 134 cm³/mol. The molecule has 1 aromatic heterocycles. The van der Waals surface area contributed by atoms with Gasteiger partial charge in [0.05, 0.1) is 0 Å². The van der Waals surface area contributed by atoms with E-state index in [0.717, 1.165) is 53.9 Å². The van der Waals surface area contributed by atoms with Gasteiger partial charge in [0.1, 0.15) is 0 Å². The quantitative estimate of drug-likeness (QED) is 0.244. The highest BCUT2D eigenvalue weighted by Gasteiger charge is 2.14. The van der Waals surface area contributed by atoms with Crippen molar-refractivity contribution in [1.29, 1.82) is 0 Å². The van der Waals surface area contributed by atoms with Crippen molar-refractivity contribution in [3.05, 3.63) is 97.1 Å². The van der Waals surface area contributed by atoms with Crippen molar-refractivity contribution in [2.45, 2.75) is 0 Å². The predicted octanol–water partition coefficient (Wildman–Crippen LogP) is 8.66. The minimum atomic E-state index is -2.15. The summed E-state index contributed by atoms with van der Waals surface area (Å²) in [5.74, 6) is 0. The topological polar surface area (TPSA) is 46.5 Å². The summed E-state index contributed by atoms with van der Waals surface area (Å²) in [5.41, 5.74) is 1.34. The molecule has 0 aliphatic carbocycles. The molecule has 0 saturated carbocycles. The summed E-state index contributed by atoms with van der Waals surface area (Å²) < 4.78 is 12.2. The van der Waals surface area contributed by atoms with Crippen molar-refractivity contribution in [2.24, 2.45) is 0 Å². The Morgan fingerprint density at radius 3 is 1.34 bits per heavy atom. The molecule has 0 aliphatic rings. The van der Waals surface area contributed by atoms with Crippen molar-refractivity contribution in [2.75, 3.05) is 0 Å². The van der Waals surface area contributed by atoms with Gasteiger partial charge in [-0.15, -0.1) is 0 Å². The molecule has 1 N–H and O–H groups in total. The van der Waals surface area contributed by atoms with Crippen molar-refractivity contribution in [3.8, 4) is 0 Å². The largest absolute Gasteiger partial charge is 0.398 e. The van der Waals surface area contributed by atoms with Crippen LogP contribution in [-0.2, 0) is 0 Å². The summed E-state index contributed by atoms with van der Waals surface area (Å²) in [6.45, 7) is 0. The summed E-state index contributed by atoms with van der Waals surface area (Å²) in [7, 11) is -2.15. The molecule has 0 fully saturated rings. The van der Waals surface area contributed by atoms with Crippen molar-refractivity contribution < 1.29 is 13.3 Å². The van der Waals surface area contributed by atoms with Crippen LogP contribution in [0.25, 0.3) is 65.0 Å². The Hall–Kier alpha value is -3.78. The lowest BCUT2D eigenvalue weighted by Gasteiger charge is -2.07. The molecule has 1 heterocycles. The van der Waals surface area contributed by atoms with Gasteiger partial charge in [-0.25, -0.2) is 0 Å². The third-order valence-electron chi connectivity index (χ3n) is 6.35. The van der Waals surface area contributed by atoms with Gasteiger partial charge < -0.3 is 8.39 Å². The zero-order valence-electron chi connectivity index (χ0n) is 16.9. The van der Waals surface area contributed by atoms with Crippen LogP contribution in [0.15, 0.2) is 105 Å². The highest BCUT2D eigenvalue weighted by Crippen LogP contribution is 2.42. The Bertz CT molecular complexity index is 1760. The SMILES string of the molecule is Op1oc2c(ccc3ccc4ccccc4c32)c2ccc3ccc4ccccc4c3c2o1. The molecule has 3 nitrogen and oxygen atoms in total. The minimum Gasteiger partial charge on any atom is -0.398 e. The molecule has 7 rings (SSSR count). The number of fused-ring (bicyclic) bond motifs is 11. The second-order valence-electron chi connectivity index (χ2n) is 8.07. The van der Waals surface area contributed by atoms with Crippen LogP contribution in [0.3, 0.4) is 0 Å². The van der Waals surface area contributed by atoms with E-state index in [2.05, 4.69) is 72.8 Å². The Kier molecular flexibility index (Phi) is 3.69. The maximum Gasteiger partial charge on any atom is 0.384 e. The fraction of sp³-hybridized carbons (Fsp3) is 0. The Balaban J connectivity index is 1.79. The zero-order valence-corrected chi connectivity index (χ0v) is 17.8. The lowest BCUT2D eigenvalue weighted by atomic mass is 9.96. The Labute approximate surface area is 183 Å². The highest BCUT2D eigenvalue weighted by molar-refractivity contribution is 7.30. The zero-order chi connectivity index (χ0) is 21.2. The van der Waals surface area contributed by atoms with Crippen LogP contribution in [0.5, 0.6) is 0 Å². The molecule has 0 atom stereocenters. The van der Waals surface area contributed by atoms with Gasteiger partial charge in [-0.1, -0.05) is 84.9 Å². The first-order chi connectivity index (χ1) is 15.8. The average molecular weight is 432 g/mol. The maximum atomic E-state index is 10.9. The molecular formula is C28H17O3P. The Morgan fingerprint density at radius 2 is 0.844 bits per heavy atom. The number of benzene rings is 6. The van der Waals surface area contributed by atoms with E-state index in [4.69, 9.17) is 8.39 Å². The van der Waals surface area contributed by atoms with Gasteiger partial charge in [-0.3, -0.25) is 4.89 Å². The van der Waals surface area contributed by atoms with Crippen LogP contribution < -0.4 is 0 Å². The van der Waals surface area contributed by atoms with Gasteiger partial charge in [0, 0.05) is 21.5 Å². The molecule has 6 aromatic carbocycles. The molecule has 0 radical (unpaired) electrons. The van der Waals surface area contributed by atoms with Gasteiger partial charge in [0.25, 0.3) is 0 Å². The normalized spacial score (nSPS) is 11.9. The van der Waals surface area contributed by atoms with Crippen LogP contribution in [-0.4, -0.2) is 4.89 Å². The van der Waals surface area contributed by atoms with Crippen LogP contribution in [0.2, 0.25) is 0 Å². The Morgan fingerprint density at radius 1 is 0.438 bits per heavy atom. The summed E-state index contributed by atoms with van der Waals surface area (Å²) in [6, 6.07) is 33.3. The molecule has 0 unspecified atom stereocenters. The maximum absolute atomic E-state index is 10.9. The summed E-state index contributed by atoms with van der Waals surface area (Å²) >= 11 is 0. The first-order valence-corrected chi connectivity index (χ1v) is 11.7. The molecule has 4 heteroatoms. The standard InChI is InChI=1S/C28H17O3P/c29-32-30-27-23(15-13-19-11-9-17-5-1-3-7-21(17)25(19)27)24-16-14-20-12-10-18-6-2-4-8-22(18)26(20)28(24)31-32/h1-16,29H. The summed E-state index contributed by atoms with van der Waals surface area (Å²) in [4.78, 5) is 10.9. The molecular weight excluding hydrogens is 415 g/mol. The number of hydrogen-bond donors (Lipinski definition) is 1. The highest BCUT2D eigenvalue weighted by atomic mass is 31.1. The molecule has 0 spiro atoms. The van der Waals surface area contributed by atoms with Crippen LogP contribution in [0.4, 0.5) is 0 Å². The van der Waals surface area contributed by atoms with Crippen LogP contribution in [0, 0.1) is 0 Å². The van der Waals surface area contributed by atoms with E-state index in [0.29, 0.717) is 11.2 Å². The monoisotopic (exact) mass is 432 g/mol. The molecule has 0 amide bonds. The first kappa shape index (κ1) is 17.9.